The van der Waals surface area contributed by atoms with Crippen LogP contribution in [0, 0.1) is 0 Å². The minimum Gasteiger partial charge on any atom is -0.489 e. The van der Waals surface area contributed by atoms with Gasteiger partial charge in [-0.25, -0.2) is 0 Å². The number of unbranched alkanes of at least 4 members (excludes halogenated alkanes) is 11. The van der Waals surface area contributed by atoms with Crippen LogP contribution in [0.3, 0.4) is 0 Å². The first kappa shape index (κ1) is 37.3. The zero-order valence-electron chi connectivity index (χ0n) is 28.6. The maximum Gasteiger partial charge on any atom is 0.231 e. The lowest BCUT2D eigenvalue weighted by molar-refractivity contribution is 0.308. The molecule has 0 atom stereocenters. The molecule has 0 saturated carbocycles. The Hall–Kier alpha value is -4.19. The zero-order chi connectivity index (χ0) is 33.7. The van der Waals surface area contributed by atoms with Crippen molar-refractivity contribution in [1.82, 2.24) is 4.57 Å². The number of hydrogen-bond donors (Lipinski definition) is 0. The van der Waals surface area contributed by atoms with Crippen LogP contribution in [0.5, 0.6) is 23.0 Å². The van der Waals surface area contributed by atoms with Crippen molar-refractivity contribution in [2.24, 2.45) is 0 Å². The highest BCUT2D eigenvalue weighted by Crippen LogP contribution is 2.38. The predicted molar refractivity (Wildman–Crippen MR) is 197 cm³/mol. The van der Waals surface area contributed by atoms with E-state index in [2.05, 4.69) is 37.8 Å². The van der Waals surface area contributed by atoms with E-state index in [0.29, 0.717) is 54.7 Å². The van der Waals surface area contributed by atoms with Crippen LogP contribution in [0.25, 0.3) is 22.2 Å². The molecule has 0 aliphatic heterocycles. The number of ether oxygens (including phenoxy) is 4. The second-order valence-corrected chi connectivity index (χ2v) is 11.8. The van der Waals surface area contributed by atoms with Crippen LogP contribution >= 0.6 is 0 Å². The fourth-order valence-corrected chi connectivity index (χ4v) is 5.74. The summed E-state index contributed by atoms with van der Waals surface area (Å²) in [5.41, 5.74) is 2.08. The molecule has 6 heteroatoms. The molecule has 3 rings (SSSR count). The van der Waals surface area contributed by atoms with Gasteiger partial charge in [0.05, 0.1) is 11.2 Å². The molecule has 0 aliphatic carbocycles. The molecule has 6 nitrogen and oxygen atoms in total. The quantitative estimate of drug-likeness (QED) is 0.0645. The zero-order valence-corrected chi connectivity index (χ0v) is 28.6. The molecule has 0 fully saturated rings. The van der Waals surface area contributed by atoms with Gasteiger partial charge in [-0.05, 0) is 36.8 Å². The highest BCUT2D eigenvalue weighted by Gasteiger charge is 2.22. The van der Waals surface area contributed by atoms with Crippen LogP contribution in [-0.4, -0.2) is 31.0 Å². The van der Waals surface area contributed by atoms with E-state index in [1.54, 1.807) is 24.3 Å². The normalized spacial score (nSPS) is 10.8. The summed E-state index contributed by atoms with van der Waals surface area (Å²) in [5.74, 6) is 2.09. The predicted octanol–water partition coefficient (Wildman–Crippen LogP) is 10.6. The average Bonchev–Trinajstić information content (AvgIpc) is 3.09. The summed E-state index contributed by atoms with van der Waals surface area (Å²) in [6.45, 7) is 19.3. The summed E-state index contributed by atoms with van der Waals surface area (Å²) < 4.78 is 26.1. The Labute approximate surface area is 282 Å². The molecule has 0 unspecified atom stereocenters. The largest absolute Gasteiger partial charge is 0.489 e. The van der Waals surface area contributed by atoms with Gasteiger partial charge in [-0.1, -0.05) is 128 Å². The van der Waals surface area contributed by atoms with Gasteiger partial charge in [0.15, 0.2) is 17.2 Å². The second-order valence-electron chi connectivity index (χ2n) is 11.8. The first-order chi connectivity index (χ1) is 23.1. The average molecular weight is 642 g/mol. The monoisotopic (exact) mass is 641 g/mol. The fourth-order valence-electron chi connectivity index (χ4n) is 5.74. The van der Waals surface area contributed by atoms with Gasteiger partial charge in [-0.15, -0.1) is 0 Å². The van der Waals surface area contributed by atoms with Crippen molar-refractivity contribution >= 4 is 10.9 Å². The maximum atomic E-state index is 14.0. The number of benzene rings is 2. The van der Waals surface area contributed by atoms with Crippen molar-refractivity contribution in [3.63, 3.8) is 0 Å². The van der Waals surface area contributed by atoms with E-state index >= 15 is 0 Å². The molecule has 0 saturated heterocycles. The molecule has 0 spiro atoms. The molecule has 0 radical (unpaired) electrons. The van der Waals surface area contributed by atoms with Crippen LogP contribution in [0.2, 0.25) is 0 Å². The summed E-state index contributed by atoms with van der Waals surface area (Å²) in [6.07, 6.45) is 21.9. The standard InChI is InChI=1S/C41H55NO5/c1-6-11-12-13-14-15-16-17-18-19-20-21-26-42-36-32-34(44-27-7-2)23-24-35(36)40(43)41(47-30-10-5)39(42)33-22-25-37(45-28-8-3)38(31-33)46-29-9-4/h7-10,22-25,31-32H,2-6,11-21,26-30H2,1H3. The van der Waals surface area contributed by atoms with E-state index in [1.165, 1.54) is 64.2 Å². The summed E-state index contributed by atoms with van der Waals surface area (Å²) in [4.78, 5) is 14.0. The van der Waals surface area contributed by atoms with Crippen molar-refractivity contribution in [3.8, 4) is 34.3 Å². The minimum atomic E-state index is -0.182. The van der Waals surface area contributed by atoms with Crippen LogP contribution in [0.4, 0.5) is 0 Å². The molecule has 2 aromatic carbocycles. The highest BCUT2D eigenvalue weighted by molar-refractivity contribution is 5.87. The molecular weight excluding hydrogens is 586 g/mol. The van der Waals surface area contributed by atoms with E-state index in [9.17, 15) is 4.79 Å². The van der Waals surface area contributed by atoms with Gasteiger partial charge in [0.2, 0.25) is 5.43 Å². The number of pyridine rings is 1. The molecule has 1 aromatic heterocycles. The molecular formula is C41H55NO5. The number of fused-ring (bicyclic) bond motifs is 1. The van der Waals surface area contributed by atoms with Crippen LogP contribution in [0.1, 0.15) is 84.0 Å². The lowest BCUT2D eigenvalue weighted by Gasteiger charge is -2.22. The Morgan fingerprint density at radius 1 is 0.617 bits per heavy atom. The van der Waals surface area contributed by atoms with Gasteiger partial charge in [0, 0.05) is 23.6 Å². The SMILES string of the molecule is C=CCOc1ccc2c(=O)c(OCC=C)c(-c3ccc(OCC=C)c(OCC=C)c3)n(CCCCCCCCCCCCCC)c2c1. The van der Waals surface area contributed by atoms with E-state index in [4.69, 9.17) is 18.9 Å². The Morgan fingerprint density at radius 3 is 1.79 bits per heavy atom. The molecule has 3 aromatic rings. The third-order valence-corrected chi connectivity index (χ3v) is 8.08. The topological polar surface area (TPSA) is 58.9 Å². The number of hydrogen-bond acceptors (Lipinski definition) is 5. The lowest BCUT2D eigenvalue weighted by atomic mass is 10.0. The number of nitrogens with zero attached hydrogens (tertiary/aromatic N) is 1. The Kier molecular flexibility index (Phi) is 17.1. The summed E-state index contributed by atoms with van der Waals surface area (Å²) in [5, 5.41) is 0.576. The number of rotatable bonds is 26. The fraction of sp³-hybridized carbons (Fsp3) is 0.439. The summed E-state index contributed by atoms with van der Waals surface area (Å²) >= 11 is 0. The van der Waals surface area contributed by atoms with Gasteiger partial charge in [-0.2, -0.15) is 0 Å². The van der Waals surface area contributed by atoms with E-state index in [-0.39, 0.29) is 17.8 Å². The molecule has 0 N–H and O–H groups in total. The molecule has 1 heterocycles. The first-order valence-corrected chi connectivity index (χ1v) is 17.4. The Balaban J connectivity index is 1.97. The van der Waals surface area contributed by atoms with Crippen molar-refractivity contribution in [3.05, 3.63) is 97.2 Å². The summed E-state index contributed by atoms with van der Waals surface area (Å²) in [6, 6.07) is 11.3. The van der Waals surface area contributed by atoms with E-state index in [0.717, 1.165) is 23.9 Å². The lowest BCUT2D eigenvalue weighted by Crippen LogP contribution is -2.18. The van der Waals surface area contributed by atoms with Crippen LogP contribution in [0.15, 0.2) is 91.8 Å². The van der Waals surface area contributed by atoms with Gasteiger partial charge < -0.3 is 23.5 Å². The smallest absolute Gasteiger partial charge is 0.231 e. The van der Waals surface area contributed by atoms with Gasteiger partial charge in [0.1, 0.15) is 32.2 Å². The number of aryl methyl sites for hydroxylation is 1. The molecule has 0 aliphatic rings. The van der Waals surface area contributed by atoms with E-state index in [1.807, 2.05) is 36.4 Å². The van der Waals surface area contributed by atoms with Crippen molar-refractivity contribution < 1.29 is 18.9 Å². The van der Waals surface area contributed by atoms with Gasteiger partial charge in [-0.3, -0.25) is 4.79 Å². The molecule has 47 heavy (non-hydrogen) atoms. The Bertz CT molecular complexity index is 1490. The third kappa shape index (κ3) is 11.5. The minimum absolute atomic E-state index is 0.182. The van der Waals surface area contributed by atoms with Crippen molar-refractivity contribution in [2.75, 3.05) is 26.4 Å². The molecule has 0 bridgehead atoms. The summed E-state index contributed by atoms with van der Waals surface area (Å²) in [7, 11) is 0. The maximum absolute atomic E-state index is 14.0. The van der Waals surface area contributed by atoms with Crippen LogP contribution < -0.4 is 24.4 Å². The highest BCUT2D eigenvalue weighted by atomic mass is 16.5. The van der Waals surface area contributed by atoms with Crippen molar-refractivity contribution in [1.29, 1.82) is 0 Å². The van der Waals surface area contributed by atoms with Crippen molar-refractivity contribution in [2.45, 2.75) is 90.5 Å². The molecule has 254 valence electrons. The van der Waals surface area contributed by atoms with Gasteiger partial charge >= 0.3 is 0 Å². The third-order valence-electron chi connectivity index (χ3n) is 8.08. The Morgan fingerprint density at radius 2 is 1.17 bits per heavy atom. The molecule has 0 amide bonds. The number of aromatic nitrogens is 1. The van der Waals surface area contributed by atoms with Gasteiger partial charge in [0.25, 0.3) is 0 Å². The van der Waals surface area contributed by atoms with Crippen LogP contribution in [-0.2, 0) is 6.54 Å². The second kappa shape index (κ2) is 21.6. The van der Waals surface area contributed by atoms with E-state index < -0.39 is 0 Å². The first-order valence-electron chi connectivity index (χ1n) is 17.4.